The predicted octanol–water partition coefficient (Wildman–Crippen LogP) is 4.24. The Kier molecular flexibility index (Phi) is 4.73. The zero-order chi connectivity index (χ0) is 16.4. The minimum atomic E-state index is -3.63. The van der Waals surface area contributed by atoms with Gasteiger partial charge >= 0.3 is 0 Å². The minimum absolute atomic E-state index is 0.0459. The molecule has 4 nitrogen and oxygen atoms in total. The number of hydrogen-bond acceptors (Lipinski definition) is 5. The van der Waals surface area contributed by atoms with Gasteiger partial charge in [-0.1, -0.05) is 42.4 Å². The molecule has 1 aromatic carbocycles. The summed E-state index contributed by atoms with van der Waals surface area (Å²) in [4.78, 5) is 4.34. The summed E-state index contributed by atoms with van der Waals surface area (Å²) in [6.45, 7) is 4.14. The van der Waals surface area contributed by atoms with Gasteiger partial charge in [-0.15, -0.1) is 0 Å². The maximum atomic E-state index is 12.8. The number of aryl methyl sites for hydroxylation is 1. The van der Waals surface area contributed by atoms with E-state index in [0.29, 0.717) is 11.0 Å². The first-order valence-corrected chi connectivity index (χ1v) is 10.2. The van der Waals surface area contributed by atoms with E-state index in [0.717, 1.165) is 24.8 Å². The highest BCUT2D eigenvalue weighted by atomic mass is 32.2. The first-order valence-electron chi connectivity index (χ1n) is 7.88. The number of thiazole rings is 1. The van der Waals surface area contributed by atoms with Crippen LogP contribution in [0.4, 0.5) is 0 Å². The maximum absolute atomic E-state index is 12.8. The molecular formula is C17H21NO3S2. The van der Waals surface area contributed by atoms with Crippen molar-refractivity contribution in [1.82, 2.24) is 4.98 Å². The van der Waals surface area contributed by atoms with Gasteiger partial charge < -0.3 is 4.74 Å². The molecule has 0 aliphatic heterocycles. The molecule has 0 amide bonds. The summed E-state index contributed by atoms with van der Waals surface area (Å²) in [6, 6.07) is 6.83. The standard InChI is InChI=1S/C17H21NO3S2/c1-12-6-8-15(9-7-12)23(19,20)16-17(22-11-18-16)21-14-5-3-4-13(2)10-14/h6-9,11,13-14H,3-5,10H2,1-2H3. The van der Waals surface area contributed by atoms with Crippen molar-refractivity contribution in [2.45, 2.75) is 55.6 Å². The fourth-order valence-electron chi connectivity index (χ4n) is 2.95. The molecule has 2 aromatic rings. The molecule has 0 bridgehead atoms. The smallest absolute Gasteiger partial charge is 0.228 e. The Morgan fingerprint density at radius 3 is 2.65 bits per heavy atom. The molecule has 0 spiro atoms. The fraction of sp³-hybridized carbons (Fsp3) is 0.471. The SMILES string of the molecule is Cc1ccc(S(=O)(=O)c2ncsc2OC2CCCC(C)C2)cc1. The van der Waals surface area contributed by atoms with Crippen LogP contribution in [0.1, 0.15) is 38.2 Å². The van der Waals surface area contributed by atoms with E-state index in [2.05, 4.69) is 11.9 Å². The highest BCUT2D eigenvalue weighted by Crippen LogP contribution is 2.35. The van der Waals surface area contributed by atoms with Gasteiger partial charge in [0.15, 0.2) is 0 Å². The first kappa shape index (κ1) is 16.5. The van der Waals surface area contributed by atoms with Crippen LogP contribution in [0.25, 0.3) is 0 Å². The Bertz CT molecular complexity index is 765. The Morgan fingerprint density at radius 1 is 1.22 bits per heavy atom. The first-order chi connectivity index (χ1) is 11.0. The molecule has 2 unspecified atom stereocenters. The van der Waals surface area contributed by atoms with Crippen LogP contribution in [-0.4, -0.2) is 19.5 Å². The van der Waals surface area contributed by atoms with Crippen LogP contribution in [0.15, 0.2) is 39.7 Å². The van der Waals surface area contributed by atoms with Crippen LogP contribution >= 0.6 is 11.3 Å². The van der Waals surface area contributed by atoms with E-state index in [1.54, 1.807) is 29.8 Å². The van der Waals surface area contributed by atoms with Crippen molar-refractivity contribution in [3.63, 3.8) is 0 Å². The van der Waals surface area contributed by atoms with Gasteiger partial charge in [-0.25, -0.2) is 13.4 Å². The van der Waals surface area contributed by atoms with Gasteiger partial charge in [0.1, 0.15) is 6.10 Å². The lowest BCUT2D eigenvalue weighted by Gasteiger charge is -2.26. The quantitative estimate of drug-likeness (QED) is 0.826. The molecule has 1 aromatic heterocycles. The normalized spacial score (nSPS) is 22.0. The fourth-order valence-corrected chi connectivity index (χ4v) is 5.26. The Morgan fingerprint density at radius 2 is 1.96 bits per heavy atom. The van der Waals surface area contributed by atoms with Crippen molar-refractivity contribution < 1.29 is 13.2 Å². The van der Waals surface area contributed by atoms with E-state index in [4.69, 9.17) is 4.74 Å². The zero-order valence-corrected chi connectivity index (χ0v) is 15.0. The Balaban J connectivity index is 1.86. The van der Waals surface area contributed by atoms with Crippen molar-refractivity contribution >= 4 is 21.2 Å². The average Bonchev–Trinajstić information content (AvgIpc) is 2.96. The van der Waals surface area contributed by atoms with Crippen molar-refractivity contribution in [1.29, 1.82) is 0 Å². The second-order valence-corrected chi connectivity index (χ2v) is 8.96. The van der Waals surface area contributed by atoms with E-state index >= 15 is 0 Å². The van der Waals surface area contributed by atoms with E-state index in [9.17, 15) is 8.42 Å². The molecule has 2 atom stereocenters. The van der Waals surface area contributed by atoms with Gasteiger partial charge in [-0.2, -0.15) is 0 Å². The summed E-state index contributed by atoms with van der Waals surface area (Å²) in [5.74, 6) is 0.624. The van der Waals surface area contributed by atoms with Crippen molar-refractivity contribution in [3.05, 3.63) is 35.3 Å². The highest BCUT2D eigenvalue weighted by Gasteiger charge is 2.28. The molecule has 0 saturated heterocycles. The largest absolute Gasteiger partial charge is 0.478 e. The summed E-state index contributed by atoms with van der Waals surface area (Å²) >= 11 is 1.26. The molecule has 0 N–H and O–H groups in total. The Hall–Kier alpha value is -1.40. The molecule has 124 valence electrons. The third-order valence-corrected chi connectivity index (χ3v) is 6.79. The zero-order valence-electron chi connectivity index (χ0n) is 13.4. The number of ether oxygens (including phenoxy) is 1. The summed E-state index contributed by atoms with van der Waals surface area (Å²) in [6.07, 6.45) is 4.39. The van der Waals surface area contributed by atoms with Crippen LogP contribution in [0.5, 0.6) is 5.06 Å². The predicted molar refractivity (Wildman–Crippen MR) is 90.8 cm³/mol. The van der Waals surface area contributed by atoms with Gasteiger partial charge in [0.2, 0.25) is 19.9 Å². The molecule has 3 rings (SSSR count). The summed E-state index contributed by atoms with van der Waals surface area (Å²) in [5, 5.41) is 0.467. The number of hydrogen-bond donors (Lipinski definition) is 0. The summed E-state index contributed by atoms with van der Waals surface area (Å²) in [7, 11) is -3.63. The topological polar surface area (TPSA) is 56.3 Å². The molecule has 0 radical (unpaired) electrons. The van der Waals surface area contributed by atoms with Gasteiger partial charge in [0.05, 0.1) is 10.4 Å². The number of aromatic nitrogens is 1. The molecule has 1 heterocycles. The van der Waals surface area contributed by atoms with E-state index in [-0.39, 0.29) is 16.0 Å². The maximum Gasteiger partial charge on any atom is 0.228 e. The lowest BCUT2D eigenvalue weighted by atomic mass is 9.89. The van der Waals surface area contributed by atoms with Crippen molar-refractivity contribution in [3.8, 4) is 5.06 Å². The second-order valence-electron chi connectivity index (χ2n) is 6.27. The summed E-state index contributed by atoms with van der Waals surface area (Å²) in [5.41, 5.74) is 2.57. The lowest BCUT2D eigenvalue weighted by Crippen LogP contribution is -2.24. The highest BCUT2D eigenvalue weighted by molar-refractivity contribution is 7.91. The molecule has 1 aliphatic carbocycles. The van der Waals surface area contributed by atoms with Gasteiger partial charge in [-0.05, 0) is 44.2 Å². The van der Waals surface area contributed by atoms with Crippen LogP contribution in [0.3, 0.4) is 0 Å². The number of sulfone groups is 1. The third-order valence-electron chi connectivity index (χ3n) is 4.25. The van der Waals surface area contributed by atoms with Gasteiger partial charge in [0.25, 0.3) is 0 Å². The van der Waals surface area contributed by atoms with Crippen LogP contribution in [0.2, 0.25) is 0 Å². The van der Waals surface area contributed by atoms with Gasteiger partial charge in [0, 0.05) is 0 Å². The average molecular weight is 351 g/mol. The van der Waals surface area contributed by atoms with Crippen LogP contribution in [-0.2, 0) is 9.84 Å². The minimum Gasteiger partial charge on any atom is -0.478 e. The lowest BCUT2D eigenvalue weighted by molar-refractivity contribution is 0.130. The number of benzene rings is 1. The monoisotopic (exact) mass is 351 g/mol. The number of rotatable bonds is 4. The number of nitrogens with zero attached hydrogens (tertiary/aromatic N) is 1. The summed E-state index contributed by atoms with van der Waals surface area (Å²) < 4.78 is 31.6. The molecule has 6 heteroatoms. The van der Waals surface area contributed by atoms with E-state index < -0.39 is 9.84 Å². The van der Waals surface area contributed by atoms with Crippen LogP contribution < -0.4 is 4.74 Å². The van der Waals surface area contributed by atoms with E-state index in [1.807, 2.05) is 6.92 Å². The molecule has 23 heavy (non-hydrogen) atoms. The molecule has 1 fully saturated rings. The van der Waals surface area contributed by atoms with E-state index in [1.165, 1.54) is 17.8 Å². The van der Waals surface area contributed by atoms with Crippen LogP contribution in [0, 0.1) is 12.8 Å². The van der Waals surface area contributed by atoms with Crippen molar-refractivity contribution in [2.75, 3.05) is 0 Å². The molecule has 1 aliphatic rings. The van der Waals surface area contributed by atoms with Gasteiger partial charge in [-0.3, -0.25) is 0 Å². The third kappa shape index (κ3) is 3.58. The molecule has 1 saturated carbocycles. The second kappa shape index (κ2) is 6.61. The van der Waals surface area contributed by atoms with Crippen molar-refractivity contribution in [2.24, 2.45) is 5.92 Å². The Labute approximate surface area is 141 Å². The molecular weight excluding hydrogens is 330 g/mol.